The Labute approximate surface area is 137 Å². The second kappa shape index (κ2) is 6.91. The number of fused-ring (bicyclic) bond motifs is 1. The average molecular weight is 327 g/mol. The fourth-order valence-corrected chi connectivity index (χ4v) is 2.37. The minimum atomic E-state index is -1.24. The van der Waals surface area contributed by atoms with Crippen molar-refractivity contribution < 1.29 is 9.90 Å². The molecule has 0 aromatic carbocycles. The van der Waals surface area contributed by atoms with E-state index in [4.69, 9.17) is 5.11 Å². The quantitative estimate of drug-likeness (QED) is 0.840. The van der Waals surface area contributed by atoms with E-state index in [1.54, 1.807) is 24.3 Å². The summed E-state index contributed by atoms with van der Waals surface area (Å²) in [5, 5.41) is 9.17. The third-order valence-electron chi connectivity index (χ3n) is 3.51. The molecule has 2 aromatic heterocycles. The highest BCUT2D eigenvalue weighted by molar-refractivity contribution is 5.90. The standard InChI is InChI=1S/C17H17N3O4/c1-4-6-11(7-5-2)10-20-15(21)12-8-13(16(22)23)18-9-14(12)19(3)17(20)24/h4-9H,1,10H2,2-3H3,(H,22,23)/b7-5-,11-6+. The molecule has 2 rings (SSSR count). The number of aromatic carboxylic acids is 1. The minimum Gasteiger partial charge on any atom is -0.477 e. The number of aryl methyl sites for hydroxylation is 1. The van der Waals surface area contributed by atoms with E-state index in [0.717, 1.165) is 10.1 Å². The third-order valence-corrected chi connectivity index (χ3v) is 3.51. The fraction of sp³-hybridized carbons (Fsp3) is 0.176. The summed E-state index contributed by atoms with van der Waals surface area (Å²) >= 11 is 0. The number of allylic oxidation sites excluding steroid dienone is 5. The molecule has 1 N–H and O–H groups in total. The van der Waals surface area contributed by atoms with Gasteiger partial charge >= 0.3 is 11.7 Å². The van der Waals surface area contributed by atoms with Crippen LogP contribution in [0.1, 0.15) is 17.4 Å². The molecule has 0 radical (unpaired) electrons. The normalized spacial score (nSPS) is 12.0. The Kier molecular flexibility index (Phi) is 4.93. The van der Waals surface area contributed by atoms with E-state index < -0.39 is 17.2 Å². The van der Waals surface area contributed by atoms with Crippen LogP contribution < -0.4 is 11.2 Å². The van der Waals surface area contributed by atoms with Crippen LogP contribution >= 0.6 is 0 Å². The van der Waals surface area contributed by atoms with Gasteiger partial charge in [0.15, 0.2) is 0 Å². The number of rotatable bonds is 5. The summed E-state index contributed by atoms with van der Waals surface area (Å²) in [6, 6.07) is 1.18. The lowest BCUT2D eigenvalue weighted by molar-refractivity contribution is 0.0690. The average Bonchev–Trinajstić information content (AvgIpc) is 2.56. The molecular formula is C17H17N3O4. The smallest absolute Gasteiger partial charge is 0.354 e. The molecule has 7 heteroatoms. The fourth-order valence-electron chi connectivity index (χ4n) is 2.37. The highest BCUT2D eigenvalue weighted by atomic mass is 16.4. The predicted octanol–water partition coefficient (Wildman–Crippen LogP) is 1.48. The lowest BCUT2D eigenvalue weighted by Crippen LogP contribution is -2.39. The molecule has 7 nitrogen and oxygen atoms in total. The van der Waals surface area contributed by atoms with Crippen molar-refractivity contribution in [3.8, 4) is 0 Å². The van der Waals surface area contributed by atoms with Gasteiger partial charge in [-0.15, -0.1) is 0 Å². The number of pyridine rings is 1. The van der Waals surface area contributed by atoms with Crippen LogP contribution in [0.15, 0.2) is 58.3 Å². The Morgan fingerprint density at radius 3 is 2.71 bits per heavy atom. The molecule has 2 aromatic rings. The first-order chi connectivity index (χ1) is 11.4. The van der Waals surface area contributed by atoms with E-state index in [2.05, 4.69) is 11.6 Å². The maximum absolute atomic E-state index is 12.7. The summed E-state index contributed by atoms with van der Waals surface area (Å²) in [6.45, 7) is 5.49. The van der Waals surface area contributed by atoms with Crippen molar-refractivity contribution in [2.45, 2.75) is 13.5 Å². The number of carboxylic acid groups (broad SMARTS) is 1. The van der Waals surface area contributed by atoms with Crippen molar-refractivity contribution in [2.75, 3.05) is 0 Å². The van der Waals surface area contributed by atoms with Crippen molar-refractivity contribution in [3.05, 3.63) is 75.3 Å². The molecule has 2 heterocycles. The van der Waals surface area contributed by atoms with Gasteiger partial charge in [-0.1, -0.05) is 30.9 Å². The van der Waals surface area contributed by atoms with Gasteiger partial charge in [-0.2, -0.15) is 0 Å². The lowest BCUT2D eigenvalue weighted by atomic mass is 10.2. The monoisotopic (exact) mass is 327 g/mol. The van der Waals surface area contributed by atoms with Gasteiger partial charge in [0.1, 0.15) is 5.69 Å². The summed E-state index contributed by atoms with van der Waals surface area (Å²) < 4.78 is 2.33. The van der Waals surface area contributed by atoms with E-state index in [-0.39, 0.29) is 23.1 Å². The predicted molar refractivity (Wildman–Crippen MR) is 91.3 cm³/mol. The zero-order valence-corrected chi connectivity index (χ0v) is 13.4. The molecule has 24 heavy (non-hydrogen) atoms. The van der Waals surface area contributed by atoms with E-state index in [1.807, 2.05) is 6.92 Å². The molecule has 0 aliphatic rings. The Morgan fingerprint density at radius 1 is 1.42 bits per heavy atom. The van der Waals surface area contributed by atoms with Gasteiger partial charge < -0.3 is 5.11 Å². The van der Waals surface area contributed by atoms with Crippen LogP contribution in [0.4, 0.5) is 0 Å². The molecule has 0 fully saturated rings. The lowest BCUT2D eigenvalue weighted by Gasteiger charge is -2.11. The molecule has 0 atom stereocenters. The topological polar surface area (TPSA) is 94.2 Å². The molecule has 124 valence electrons. The molecule has 0 unspecified atom stereocenters. The number of nitrogens with zero attached hydrogens (tertiary/aromatic N) is 3. The Balaban J connectivity index is 2.77. The maximum atomic E-state index is 12.7. The summed E-state index contributed by atoms with van der Waals surface area (Å²) in [7, 11) is 1.51. The van der Waals surface area contributed by atoms with Gasteiger partial charge in [-0.05, 0) is 18.6 Å². The van der Waals surface area contributed by atoms with Gasteiger partial charge in [0.25, 0.3) is 5.56 Å². The summed E-state index contributed by atoms with van der Waals surface area (Å²) in [5.41, 5.74) is -0.306. The van der Waals surface area contributed by atoms with Crippen LogP contribution in [0.3, 0.4) is 0 Å². The van der Waals surface area contributed by atoms with Crippen molar-refractivity contribution in [1.29, 1.82) is 0 Å². The number of carbonyl (C=O) groups is 1. The Bertz CT molecular complexity index is 993. The number of carboxylic acids is 1. The molecule has 0 aliphatic carbocycles. The van der Waals surface area contributed by atoms with Gasteiger partial charge in [0.2, 0.25) is 0 Å². The maximum Gasteiger partial charge on any atom is 0.354 e. The van der Waals surface area contributed by atoms with Crippen molar-refractivity contribution in [2.24, 2.45) is 7.05 Å². The van der Waals surface area contributed by atoms with E-state index in [0.29, 0.717) is 0 Å². The van der Waals surface area contributed by atoms with Crippen LogP contribution in [0.25, 0.3) is 10.9 Å². The highest BCUT2D eigenvalue weighted by Crippen LogP contribution is 2.09. The largest absolute Gasteiger partial charge is 0.477 e. The highest BCUT2D eigenvalue weighted by Gasteiger charge is 2.14. The first kappa shape index (κ1) is 17.1. The van der Waals surface area contributed by atoms with Crippen LogP contribution in [0.2, 0.25) is 0 Å². The van der Waals surface area contributed by atoms with E-state index in [9.17, 15) is 14.4 Å². The van der Waals surface area contributed by atoms with Crippen LogP contribution in [-0.2, 0) is 13.6 Å². The van der Waals surface area contributed by atoms with Crippen LogP contribution in [0, 0.1) is 0 Å². The summed E-state index contributed by atoms with van der Waals surface area (Å²) in [5.74, 6) is -1.24. The van der Waals surface area contributed by atoms with E-state index in [1.165, 1.54) is 23.9 Å². The molecule has 0 amide bonds. The number of hydrogen-bond donors (Lipinski definition) is 1. The second-order valence-electron chi connectivity index (χ2n) is 5.10. The molecule has 0 spiro atoms. The number of hydrogen-bond acceptors (Lipinski definition) is 4. The first-order valence-electron chi connectivity index (χ1n) is 7.17. The molecule has 0 aliphatic heterocycles. The van der Waals surface area contributed by atoms with Gasteiger partial charge in [-0.3, -0.25) is 13.9 Å². The van der Waals surface area contributed by atoms with E-state index >= 15 is 0 Å². The number of aromatic nitrogens is 3. The second-order valence-corrected chi connectivity index (χ2v) is 5.10. The summed E-state index contributed by atoms with van der Waals surface area (Å²) in [6.07, 6.45) is 8.05. The molecule has 0 bridgehead atoms. The molecule has 0 saturated carbocycles. The summed E-state index contributed by atoms with van der Waals surface area (Å²) in [4.78, 5) is 40.0. The van der Waals surface area contributed by atoms with Crippen molar-refractivity contribution in [1.82, 2.24) is 14.1 Å². The van der Waals surface area contributed by atoms with Crippen molar-refractivity contribution >= 4 is 16.9 Å². The van der Waals surface area contributed by atoms with Crippen LogP contribution in [-0.4, -0.2) is 25.2 Å². The SMILES string of the molecule is C=C/C=C(\C=C/C)Cn1c(=O)c2cc(C(=O)O)ncc2n(C)c1=O. The van der Waals surface area contributed by atoms with Gasteiger partial charge in [0, 0.05) is 7.05 Å². The molecular weight excluding hydrogens is 310 g/mol. The van der Waals surface area contributed by atoms with Gasteiger partial charge in [0.05, 0.1) is 23.6 Å². The van der Waals surface area contributed by atoms with Crippen LogP contribution in [0.5, 0.6) is 0 Å². The van der Waals surface area contributed by atoms with Gasteiger partial charge in [-0.25, -0.2) is 14.6 Å². The minimum absolute atomic E-state index is 0.0581. The zero-order chi connectivity index (χ0) is 17.9. The molecule has 0 saturated heterocycles. The Hall–Kier alpha value is -3.22. The van der Waals surface area contributed by atoms with Crippen molar-refractivity contribution in [3.63, 3.8) is 0 Å². The zero-order valence-electron chi connectivity index (χ0n) is 13.4. The third kappa shape index (κ3) is 3.10. The first-order valence-corrected chi connectivity index (χ1v) is 7.17. The Morgan fingerprint density at radius 2 is 2.12 bits per heavy atom.